The Morgan fingerprint density at radius 2 is 2.42 bits per heavy atom. The zero-order chi connectivity index (χ0) is 8.39. The summed E-state index contributed by atoms with van der Waals surface area (Å²) in [6.07, 6.45) is 0.520. The van der Waals surface area contributed by atoms with Crippen molar-refractivity contribution in [1.29, 1.82) is 0 Å². The fourth-order valence-corrected chi connectivity index (χ4v) is 0.893. The third-order valence-electron chi connectivity index (χ3n) is 1.41. The molecule has 2 heterocycles. The van der Waals surface area contributed by atoms with Gasteiger partial charge in [0, 0.05) is 6.20 Å². The average molecular weight is 165 g/mol. The Kier molecular flexibility index (Phi) is 1.73. The molecule has 5 nitrogen and oxygen atoms in total. The smallest absolute Gasteiger partial charge is 0.280 e. The monoisotopic (exact) mass is 165 g/mol. The van der Waals surface area contributed by atoms with Crippen molar-refractivity contribution in [3.63, 3.8) is 0 Å². The number of hydroxylamine groups is 1. The highest BCUT2D eigenvalue weighted by Gasteiger charge is 2.16. The van der Waals surface area contributed by atoms with Gasteiger partial charge in [-0.1, -0.05) is 6.07 Å². The summed E-state index contributed by atoms with van der Waals surface area (Å²) in [5, 5.41) is 8.86. The van der Waals surface area contributed by atoms with Gasteiger partial charge >= 0.3 is 0 Å². The first-order valence-electron chi connectivity index (χ1n) is 3.45. The number of nitrogens with one attached hydrogen (secondary N) is 1. The van der Waals surface area contributed by atoms with Crippen LogP contribution in [0.4, 0.5) is 0 Å². The van der Waals surface area contributed by atoms with E-state index < -0.39 is 6.41 Å². The summed E-state index contributed by atoms with van der Waals surface area (Å²) in [4.78, 5) is 12.3. The van der Waals surface area contributed by atoms with Crippen LogP contribution >= 0.6 is 0 Å². The van der Waals surface area contributed by atoms with Crippen LogP contribution in [-0.2, 0) is 4.84 Å². The second kappa shape index (κ2) is 2.88. The fourth-order valence-electron chi connectivity index (χ4n) is 0.893. The topological polar surface area (TPSA) is 66.7 Å². The largest absolute Gasteiger partial charge is 0.348 e. The molecule has 0 aromatic carbocycles. The summed E-state index contributed by atoms with van der Waals surface area (Å²) in [5.74, 6) is 0.447. The Morgan fingerprint density at radius 3 is 3.00 bits per heavy atom. The molecular weight excluding hydrogens is 158 g/mol. The van der Waals surface area contributed by atoms with Gasteiger partial charge in [0.05, 0.1) is 0 Å². The van der Waals surface area contributed by atoms with E-state index in [4.69, 9.17) is 5.11 Å². The quantitative estimate of drug-likeness (QED) is 0.596. The van der Waals surface area contributed by atoms with E-state index in [1.54, 1.807) is 18.3 Å². The lowest BCUT2D eigenvalue weighted by Gasteiger charge is -1.97. The number of pyridine rings is 1. The molecule has 1 aromatic rings. The number of amidine groups is 1. The van der Waals surface area contributed by atoms with Gasteiger partial charge < -0.3 is 5.11 Å². The molecule has 0 saturated heterocycles. The van der Waals surface area contributed by atoms with E-state index in [0.717, 1.165) is 0 Å². The van der Waals surface area contributed by atoms with Crippen LogP contribution in [0.5, 0.6) is 0 Å². The first-order chi connectivity index (χ1) is 5.86. The van der Waals surface area contributed by atoms with Gasteiger partial charge in [-0.05, 0) is 12.1 Å². The molecule has 1 aliphatic heterocycles. The van der Waals surface area contributed by atoms with Gasteiger partial charge in [-0.2, -0.15) is 0 Å². The molecular formula is C7H7N3O2. The lowest BCUT2D eigenvalue weighted by atomic mass is 10.3. The van der Waals surface area contributed by atoms with Crippen LogP contribution in [0.3, 0.4) is 0 Å². The highest BCUT2D eigenvalue weighted by Crippen LogP contribution is 2.02. The van der Waals surface area contributed by atoms with Gasteiger partial charge in [0.15, 0.2) is 5.84 Å². The third-order valence-corrected chi connectivity index (χ3v) is 1.41. The van der Waals surface area contributed by atoms with E-state index in [0.29, 0.717) is 11.5 Å². The Hall–Kier alpha value is -1.46. The first-order valence-corrected chi connectivity index (χ1v) is 3.45. The Bertz CT molecular complexity index is 299. The van der Waals surface area contributed by atoms with Crippen LogP contribution < -0.4 is 5.48 Å². The Morgan fingerprint density at radius 1 is 1.50 bits per heavy atom. The Labute approximate surface area is 68.7 Å². The van der Waals surface area contributed by atoms with Crippen LogP contribution in [0, 0.1) is 0 Å². The van der Waals surface area contributed by atoms with Crippen LogP contribution in [-0.4, -0.2) is 22.3 Å². The maximum atomic E-state index is 8.86. The van der Waals surface area contributed by atoms with E-state index in [2.05, 4.69) is 20.3 Å². The zero-order valence-electron chi connectivity index (χ0n) is 6.14. The zero-order valence-corrected chi connectivity index (χ0v) is 6.14. The lowest BCUT2D eigenvalue weighted by molar-refractivity contribution is -0.102. The van der Waals surface area contributed by atoms with E-state index in [9.17, 15) is 0 Å². The van der Waals surface area contributed by atoms with E-state index in [-0.39, 0.29) is 0 Å². The summed E-state index contributed by atoms with van der Waals surface area (Å²) in [7, 11) is 0. The second-order valence-corrected chi connectivity index (χ2v) is 2.24. The molecule has 5 heteroatoms. The van der Waals surface area contributed by atoms with Gasteiger partial charge in [0.2, 0.25) is 0 Å². The minimum absolute atomic E-state index is 0.447. The van der Waals surface area contributed by atoms with Crippen molar-refractivity contribution >= 4 is 5.84 Å². The number of aromatic nitrogens is 1. The maximum Gasteiger partial charge on any atom is 0.280 e. The van der Waals surface area contributed by atoms with E-state index >= 15 is 0 Å². The minimum atomic E-state index is -1.12. The van der Waals surface area contributed by atoms with E-state index in [1.165, 1.54) is 0 Å². The summed E-state index contributed by atoms with van der Waals surface area (Å²) in [6, 6.07) is 5.40. The van der Waals surface area contributed by atoms with Gasteiger partial charge in [0.25, 0.3) is 6.41 Å². The van der Waals surface area contributed by atoms with Crippen LogP contribution in [0.1, 0.15) is 5.69 Å². The Balaban J connectivity index is 2.27. The van der Waals surface area contributed by atoms with Crippen LogP contribution in [0.15, 0.2) is 29.4 Å². The van der Waals surface area contributed by atoms with Crippen molar-refractivity contribution < 1.29 is 9.94 Å². The second-order valence-electron chi connectivity index (χ2n) is 2.24. The van der Waals surface area contributed by atoms with Crippen molar-refractivity contribution in [2.24, 2.45) is 4.99 Å². The predicted octanol–water partition coefficient (Wildman–Crippen LogP) is -0.361. The molecule has 1 aliphatic rings. The SMILES string of the molecule is OC1N=C(c2ccccn2)NO1. The van der Waals surface area contributed by atoms with Crippen LogP contribution in [0.2, 0.25) is 0 Å². The van der Waals surface area contributed by atoms with E-state index in [1.807, 2.05) is 6.07 Å². The number of aliphatic imine (C=N–C) groups is 1. The lowest BCUT2D eigenvalue weighted by Crippen LogP contribution is -2.19. The van der Waals surface area contributed by atoms with Gasteiger partial charge in [-0.15, -0.1) is 0 Å². The molecule has 0 bridgehead atoms. The average Bonchev–Trinajstić information content (AvgIpc) is 2.54. The molecule has 12 heavy (non-hydrogen) atoms. The molecule has 0 spiro atoms. The van der Waals surface area contributed by atoms with Crippen molar-refractivity contribution in [3.8, 4) is 0 Å². The number of nitrogens with zero attached hydrogens (tertiary/aromatic N) is 2. The number of hydrogen-bond donors (Lipinski definition) is 2. The maximum absolute atomic E-state index is 8.86. The number of hydrogen-bond acceptors (Lipinski definition) is 5. The molecule has 2 rings (SSSR count). The van der Waals surface area contributed by atoms with Crippen molar-refractivity contribution in [2.45, 2.75) is 6.41 Å². The van der Waals surface area contributed by atoms with Gasteiger partial charge in [0.1, 0.15) is 5.69 Å². The van der Waals surface area contributed by atoms with Crippen molar-refractivity contribution in [2.75, 3.05) is 0 Å². The van der Waals surface area contributed by atoms with Gasteiger partial charge in [-0.3, -0.25) is 4.98 Å². The highest BCUT2D eigenvalue weighted by atomic mass is 16.7. The third kappa shape index (κ3) is 1.27. The first kappa shape index (κ1) is 7.20. The summed E-state index contributed by atoms with van der Waals surface area (Å²) in [5.41, 5.74) is 3.11. The summed E-state index contributed by atoms with van der Waals surface area (Å²) in [6.45, 7) is 0. The summed E-state index contributed by atoms with van der Waals surface area (Å²) >= 11 is 0. The molecule has 1 aromatic heterocycles. The molecule has 62 valence electrons. The van der Waals surface area contributed by atoms with Crippen molar-refractivity contribution in [3.05, 3.63) is 30.1 Å². The number of rotatable bonds is 1. The number of aliphatic hydroxyl groups excluding tert-OH is 1. The van der Waals surface area contributed by atoms with Gasteiger partial charge in [-0.25, -0.2) is 15.3 Å². The summed E-state index contributed by atoms with van der Waals surface area (Å²) < 4.78 is 0. The molecule has 0 aliphatic carbocycles. The van der Waals surface area contributed by atoms with Crippen LogP contribution in [0.25, 0.3) is 0 Å². The standard InChI is InChI=1S/C7H7N3O2/c11-7-9-6(10-12-7)5-3-1-2-4-8-5/h1-4,7,11H,(H,9,10). The molecule has 0 amide bonds. The number of aliphatic hydroxyl groups is 1. The predicted molar refractivity (Wildman–Crippen MR) is 41.0 cm³/mol. The molecule has 0 saturated carbocycles. The molecule has 2 N–H and O–H groups in total. The minimum Gasteiger partial charge on any atom is -0.348 e. The van der Waals surface area contributed by atoms with Crippen molar-refractivity contribution in [1.82, 2.24) is 10.5 Å². The fraction of sp³-hybridized carbons (Fsp3) is 0.143. The molecule has 0 fully saturated rings. The molecule has 1 unspecified atom stereocenters. The molecule has 1 atom stereocenters. The molecule has 0 radical (unpaired) electrons. The highest BCUT2D eigenvalue weighted by molar-refractivity contribution is 5.96. The normalized spacial score (nSPS) is 21.8.